The lowest BCUT2D eigenvalue weighted by Crippen LogP contribution is -2.45. The highest BCUT2D eigenvalue weighted by atomic mass is 16.3. The first kappa shape index (κ1) is 13.9. The number of nitrogens with zero attached hydrogens (tertiary/aromatic N) is 2. The van der Waals surface area contributed by atoms with Gasteiger partial charge in [-0.15, -0.1) is 0 Å². The zero-order chi connectivity index (χ0) is 11.8. The lowest BCUT2D eigenvalue weighted by Gasteiger charge is -2.32. The maximum atomic E-state index is 9.11. The van der Waals surface area contributed by atoms with E-state index in [1.165, 1.54) is 0 Å². The zero-order valence-electron chi connectivity index (χ0n) is 10.2. The molecule has 1 fully saturated rings. The van der Waals surface area contributed by atoms with Crippen LogP contribution in [0.5, 0.6) is 0 Å². The molecule has 1 atom stereocenters. The van der Waals surface area contributed by atoms with E-state index >= 15 is 0 Å². The molecule has 1 aliphatic rings. The molecule has 0 aromatic heterocycles. The van der Waals surface area contributed by atoms with Crippen LogP contribution < -0.4 is 5.32 Å². The summed E-state index contributed by atoms with van der Waals surface area (Å²) >= 11 is 0. The first-order chi connectivity index (χ1) is 7.72. The second-order valence-electron chi connectivity index (χ2n) is 4.54. The Morgan fingerprint density at radius 2 is 1.94 bits per heavy atom. The van der Waals surface area contributed by atoms with Crippen LogP contribution in [0.3, 0.4) is 0 Å². The van der Waals surface area contributed by atoms with Crippen molar-refractivity contribution < 1.29 is 10.2 Å². The Morgan fingerprint density at radius 1 is 1.25 bits per heavy atom. The standard InChI is InChI=1S/C11H25N3O2/c1-13-5-7-14(8-6-13)4-2-3-12-9-11(16)10-15/h11-12,15-16H,2-10H2,1H3. The molecule has 0 radical (unpaired) electrons. The van der Waals surface area contributed by atoms with Gasteiger partial charge in [0, 0.05) is 32.7 Å². The van der Waals surface area contributed by atoms with Gasteiger partial charge in [-0.05, 0) is 26.6 Å². The maximum Gasteiger partial charge on any atom is 0.0894 e. The molecule has 0 aliphatic carbocycles. The van der Waals surface area contributed by atoms with Gasteiger partial charge in [-0.2, -0.15) is 0 Å². The lowest BCUT2D eigenvalue weighted by molar-refractivity contribution is 0.0939. The molecule has 1 aliphatic heterocycles. The molecule has 0 aromatic carbocycles. The molecule has 0 bridgehead atoms. The minimum absolute atomic E-state index is 0.161. The van der Waals surface area contributed by atoms with Gasteiger partial charge in [0.15, 0.2) is 0 Å². The molecule has 0 aromatic rings. The summed E-state index contributed by atoms with van der Waals surface area (Å²) in [4.78, 5) is 4.83. The van der Waals surface area contributed by atoms with E-state index in [0.29, 0.717) is 6.54 Å². The Bertz CT molecular complexity index is 173. The summed E-state index contributed by atoms with van der Waals surface area (Å²) < 4.78 is 0. The smallest absolute Gasteiger partial charge is 0.0894 e. The Kier molecular flexibility index (Phi) is 6.91. The zero-order valence-corrected chi connectivity index (χ0v) is 10.2. The molecule has 0 amide bonds. The predicted molar refractivity (Wildman–Crippen MR) is 64.5 cm³/mol. The Hall–Kier alpha value is -0.200. The summed E-state index contributed by atoms with van der Waals surface area (Å²) in [6.45, 7) is 7.00. The van der Waals surface area contributed by atoms with Gasteiger partial charge in [0.25, 0.3) is 0 Å². The van der Waals surface area contributed by atoms with E-state index in [0.717, 1.165) is 45.7 Å². The normalized spacial score (nSPS) is 21.2. The second kappa shape index (κ2) is 7.97. The molecule has 96 valence electrons. The highest BCUT2D eigenvalue weighted by Gasteiger charge is 2.12. The molecule has 5 nitrogen and oxygen atoms in total. The van der Waals surface area contributed by atoms with Crippen LogP contribution in [0.15, 0.2) is 0 Å². The highest BCUT2D eigenvalue weighted by molar-refractivity contribution is 4.69. The van der Waals surface area contributed by atoms with Gasteiger partial charge in [-0.25, -0.2) is 0 Å². The number of likely N-dealkylation sites (N-methyl/N-ethyl adjacent to an activating group) is 1. The van der Waals surface area contributed by atoms with E-state index in [1.807, 2.05) is 0 Å². The summed E-state index contributed by atoms with van der Waals surface area (Å²) in [6, 6.07) is 0. The van der Waals surface area contributed by atoms with Gasteiger partial charge >= 0.3 is 0 Å². The molecule has 1 rings (SSSR count). The Labute approximate surface area is 98.0 Å². The van der Waals surface area contributed by atoms with Gasteiger partial charge in [0.05, 0.1) is 12.7 Å². The monoisotopic (exact) mass is 231 g/mol. The molecular weight excluding hydrogens is 206 g/mol. The summed E-state index contributed by atoms with van der Waals surface area (Å²) in [5.41, 5.74) is 0. The van der Waals surface area contributed by atoms with Crippen molar-refractivity contribution in [1.29, 1.82) is 0 Å². The van der Waals surface area contributed by atoms with Crippen molar-refractivity contribution >= 4 is 0 Å². The fraction of sp³-hybridized carbons (Fsp3) is 1.00. The van der Waals surface area contributed by atoms with E-state index in [9.17, 15) is 0 Å². The molecule has 1 unspecified atom stereocenters. The van der Waals surface area contributed by atoms with Gasteiger partial charge in [0.2, 0.25) is 0 Å². The van der Waals surface area contributed by atoms with Crippen molar-refractivity contribution in [3.05, 3.63) is 0 Å². The fourth-order valence-corrected chi connectivity index (χ4v) is 1.83. The molecule has 0 saturated carbocycles. The minimum atomic E-state index is -0.622. The molecule has 1 heterocycles. The number of nitrogens with one attached hydrogen (secondary N) is 1. The van der Waals surface area contributed by atoms with Crippen molar-refractivity contribution in [3.8, 4) is 0 Å². The van der Waals surface area contributed by atoms with E-state index in [2.05, 4.69) is 22.2 Å². The SMILES string of the molecule is CN1CCN(CCCNCC(O)CO)CC1. The average Bonchev–Trinajstić information content (AvgIpc) is 2.31. The second-order valence-corrected chi connectivity index (χ2v) is 4.54. The third-order valence-corrected chi connectivity index (χ3v) is 3.01. The average molecular weight is 231 g/mol. The number of rotatable bonds is 7. The van der Waals surface area contributed by atoms with Crippen molar-refractivity contribution in [1.82, 2.24) is 15.1 Å². The summed E-state index contributed by atoms with van der Waals surface area (Å²) in [6.07, 6.45) is 0.477. The highest BCUT2D eigenvalue weighted by Crippen LogP contribution is 1.99. The molecule has 1 saturated heterocycles. The van der Waals surface area contributed by atoms with Crippen LogP contribution in [-0.2, 0) is 0 Å². The first-order valence-corrected chi connectivity index (χ1v) is 6.13. The summed E-state index contributed by atoms with van der Waals surface area (Å²) in [5, 5.41) is 20.9. The largest absolute Gasteiger partial charge is 0.394 e. The molecule has 3 N–H and O–H groups in total. The van der Waals surface area contributed by atoms with E-state index in [4.69, 9.17) is 10.2 Å². The third-order valence-electron chi connectivity index (χ3n) is 3.01. The van der Waals surface area contributed by atoms with Crippen LogP contribution in [0.25, 0.3) is 0 Å². The van der Waals surface area contributed by atoms with Crippen LogP contribution in [0.2, 0.25) is 0 Å². The van der Waals surface area contributed by atoms with Gasteiger partial charge in [0.1, 0.15) is 0 Å². The van der Waals surface area contributed by atoms with Gasteiger partial charge < -0.3 is 25.3 Å². The number of aliphatic hydroxyl groups excluding tert-OH is 2. The number of aliphatic hydroxyl groups is 2. The van der Waals surface area contributed by atoms with Crippen LogP contribution in [0, 0.1) is 0 Å². The van der Waals surface area contributed by atoms with Crippen LogP contribution >= 0.6 is 0 Å². The Morgan fingerprint density at radius 3 is 2.56 bits per heavy atom. The molecular formula is C11H25N3O2. The molecule has 0 spiro atoms. The fourth-order valence-electron chi connectivity index (χ4n) is 1.83. The van der Waals surface area contributed by atoms with Crippen LogP contribution in [-0.4, -0.2) is 85.6 Å². The maximum absolute atomic E-state index is 9.11. The van der Waals surface area contributed by atoms with Crippen molar-refractivity contribution in [2.75, 3.05) is 59.5 Å². The van der Waals surface area contributed by atoms with Crippen LogP contribution in [0.4, 0.5) is 0 Å². The predicted octanol–water partition coefficient (Wildman–Crippen LogP) is -1.43. The number of piperazine rings is 1. The van der Waals surface area contributed by atoms with Gasteiger partial charge in [-0.1, -0.05) is 0 Å². The molecule has 16 heavy (non-hydrogen) atoms. The Balaban J connectivity index is 1.91. The minimum Gasteiger partial charge on any atom is -0.394 e. The van der Waals surface area contributed by atoms with Crippen LogP contribution in [0.1, 0.15) is 6.42 Å². The number of hydrogen-bond acceptors (Lipinski definition) is 5. The van der Waals surface area contributed by atoms with Gasteiger partial charge in [-0.3, -0.25) is 0 Å². The topological polar surface area (TPSA) is 59.0 Å². The summed E-state index contributed by atoms with van der Waals surface area (Å²) in [5.74, 6) is 0. The summed E-state index contributed by atoms with van der Waals surface area (Å²) in [7, 11) is 2.16. The van der Waals surface area contributed by atoms with Crippen molar-refractivity contribution in [3.63, 3.8) is 0 Å². The first-order valence-electron chi connectivity index (χ1n) is 6.13. The van der Waals surface area contributed by atoms with Crippen molar-refractivity contribution in [2.24, 2.45) is 0 Å². The van der Waals surface area contributed by atoms with Crippen molar-refractivity contribution in [2.45, 2.75) is 12.5 Å². The molecule has 5 heteroatoms. The lowest BCUT2D eigenvalue weighted by atomic mass is 10.3. The third kappa shape index (κ3) is 5.77. The van der Waals surface area contributed by atoms with E-state index in [1.54, 1.807) is 0 Å². The quantitative estimate of drug-likeness (QED) is 0.469. The van der Waals surface area contributed by atoms with E-state index < -0.39 is 6.10 Å². The van der Waals surface area contributed by atoms with E-state index in [-0.39, 0.29) is 6.61 Å². The number of hydrogen-bond donors (Lipinski definition) is 3.